The minimum absolute atomic E-state index is 0.0773. The lowest BCUT2D eigenvalue weighted by Gasteiger charge is -2.22. The second-order valence-corrected chi connectivity index (χ2v) is 6.48. The van der Waals surface area contributed by atoms with Crippen molar-refractivity contribution in [3.05, 3.63) is 24.3 Å². The maximum absolute atomic E-state index is 12.1. The number of hydrogen-bond donors (Lipinski definition) is 2. The highest BCUT2D eigenvalue weighted by molar-refractivity contribution is 5.96. The minimum Gasteiger partial charge on any atom is -0.326 e. The zero-order valence-corrected chi connectivity index (χ0v) is 13.5. The van der Waals surface area contributed by atoms with Gasteiger partial charge in [0.25, 0.3) is 0 Å². The second-order valence-electron chi connectivity index (χ2n) is 6.48. The van der Waals surface area contributed by atoms with Crippen LogP contribution in [0.4, 0.5) is 11.4 Å². The molecule has 0 unspecified atom stereocenters. The fraction of sp³-hybridized carbons (Fsp3) is 0.556. The highest BCUT2D eigenvalue weighted by Gasteiger charge is 2.21. The van der Waals surface area contributed by atoms with E-state index in [0.717, 1.165) is 43.9 Å². The van der Waals surface area contributed by atoms with E-state index in [-0.39, 0.29) is 11.8 Å². The van der Waals surface area contributed by atoms with Crippen molar-refractivity contribution < 1.29 is 9.59 Å². The number of hydrogen-bond acceptors (Lipinski definition) is 3. The Hall–Kier alpha value is -1.88. The number of anilines is 2. The Balaban J connectivity index is 1.47. The molecule has 2 saturated heterocycles. The predicted molar refractivity (Wildman–Crippen MR) is 91.5 cm³/mol. The second kappa shape index (κ2) is 7.59. The normalized spacial score (nSPS) is 19.1. The van der Waals surface area contributed by atoms with Crippen LogP contribution in [-0.4, -0.2) is 31.4 Å². The molecule has 5 nitrogen and oxygen atoms in total. The predicted octanol–water partition coefficient (Wildman–Crippen LogP) is 2.53. The number of amides is 2. The molecule has 124 valence electrons. The van der Waals surface area contributed by atoms with Gasteiger partial charge in [-0.2, -0.15) is 0 Å². The van der Waals surface area contributed by atoms with Crippen LogP contribution in [-0.2, 0) is 9.59 Å². The molecule has 0 bridgehead atoms. The third-order valence-electron chi connectivity index (χ3n) is 4.77. The Morgan fingerprint density at radius 2 is 1.96 bits per heavy atom. The summed E-state index contributed by atoms with van der Waals surface area (Å²) >= 11 is 0. The van der Waals surface area contributed by atoms with E-state index >= 15 is 0 Å². The topological polar surface area (TPSA) is 61.4 Å². The summed E-state index contributed by atoms with van der Waals surface area (Å²) in [5, 5.41) is 6.30. The number of carbonyl (C=O) groups excluding carboxylic acids is 2. The van der Waals surface area contributed by atoms with Gasteiger partial charge in [-0.15, -0.1) is 0 Å². The molecule has 1 aromatic rings. The SMILES string of the molecule is O=C(CCC1CCNCC1)Nc1ccc(N2CCCC2=O)cc1. The van der Waals surface area contributed by atoms with Crippen LogP contribution in [0.2, 0.25) is 0 Å². The summed E-state index contributed by atoms with van der Waals surface area (Å²) in [6.45, 7) is 2.94. The molecule has 2 N–H and O–H groups in total. The Bertz CT molecular complexity index is 550. The van der Waals surface area contributed by atoms with Crippen molar-refractivity contribution in [2.75, 3.05) is 29.9 Å². The summed E-state index contributed by atoms with van der Waals surface area (Å²) in [5.41, 5.74) is 1.72. The maximum Gasteiger partial charge on any atom is 0.227 e. The standard InChI is InChI=1S/C18H25N3O2/c22-17(8-3-14-9-11-19-12-10-14)20-15-4-6-16(7-5-15)21-13-1-2-18(21)23/h4-7,14,19H,1-3,8-13H2,(H,20,22). The van der Waals surface area contributed by atoms with E-state index in [4.69, 9.17) is 0 Å². The maximum atomic E-state index is 12.1. The summed E-state index contributed by atoms with van der Waals surface area (Å²) in [6, 6.07) is 7.57. The molecule has 23 heavy (non-hydrogen) atoms. The first-order valence-corrected chi connectivity index (χ1v) is 8.63. The molecule has 0 aromatic heterocycles. The van der Waals surface area contributed by atoms with Crippen molar-refractivity contribution in [1.82, 2.24) is 5.32 Å². The van der Waals surface area contributed by atoms with Gasteiger partial charge in [0.2, 0.25) is 11.8 Å². The van der Waals surface area contributed by atoms with Crippen LogP contribution in [0.25, 0.3) is 0 Å². The van der Waals surface area contributed by atoms with E-state index in [1.165, 1.54) is 12.8 Å². The van der Waals surface area contributed by atoms with Crippen molar-refractivity contribution in [3.63, 3.8) is 0 Å². The molecule has 2 fully saturated rings. The van der Waals surface area contributed by atoms with Gasteiger partial charge in [0.05, 0.1) is 0 Å². The molecular weight excluding hydrogens is 290 g/mol. The fourth-order valence-corrected chi connectivity index (χ4v) is 3.37. The Kier molecular flexibility index (Phi) is 5.28. The van der Waals surface area contributed by atoms with Crippen molar-refractivity contribution in [3.8, 4) is 0 Å². The third kappa shape index (κ3) is 4.32. The first kappa shape index (κ1) is 16.0. The number of carbonyl (C=O) groups is 2. The summed E-state index contributed by atoms with van der Waals surface area (Å²) in [7, 11) is 0. The van der Waals surface area contributed by atoms with Gasteiger partial charge in [-0.1, -0.05) is 0 Å². The quantitative estimate of drug-likeness (QED) is 0.878. The summed E-state index contributed by atoms with van der Waals surface area (Å²) in [6.07, 6.45) is 5.45. The van der Waals surface area contributed by atoms with Crippen LogP contribution in [0.5, 0.6) is 0 Å². The zero-order chi connectivity index (χ0) is 16.1. The molecule has 2 aliphatic heterocycles. The summed E-state index contributed by atoms with van der Waals surface area (Å²) < 4.78 is 0. The van der Waals surface area contributed by atoms with Gasteiger partial charge >= 0.3 is 0 Å². The van der Waals surface area contributed by atoms with Gasteiger partial charge in [-0.05, 0) is 69.0 Å². The van der Waals surface area contributed by atoms with E-state index in [9.17, 15) is 9.59 Å². The van der Waals surface area contributed by atoms with E-state index in [2.05, 4.69) is 10.6 Å². The van der Waals surface area contributed by atoms with E-state index in [1.807, 2.05) is 29.2 Å². The van der Waals surface area contributed by atoms with Gasteiger partial charge < -0.3 is 15.5 Å². The number of rotatable bonds is 5. The minimum atomic E-state index is 0.0773. The highest BCUT2D eigenvalue weighted by atomic mass is 16.2. The first-order valence-electron chi connectivity index (χ1n) is 8.63. The lowest BCUT2D eigenvalue weighted by Crippen LogP contribution is -2.28. The van der Waals surface area contributed by atoms with Gasteiger partial charge in [0, 0.05) is 30.8 Å². The lowest BCUT2D eigenvalue weighted by atomic mass is 9.93. The highest BCUT2D eigenvalue weighted by Crippen LogP contribution is 2.23. The Morgan fingerprint density at radius 1 is 1.22 bits per heavy atom. The van der Waals surface area contributed by atoms with Crippen LogP contribution in [0.15, 0.2) is 24.3 Å². The Labute approximate surface area is 137 Å². The van der Waals surface area contributed by atoms with Gasteiger partial charge in [-0.3, -0.25) is 9.59 Å². The van der Waals surface area contributed by atoms with Crippen LogP contribution in [0.3, 0.4) is 0 Å². The van der Waals surface area contributed by atoms with Crippen molar-refractivity contribution >= 4 is 23.2 Å². The summed E-state index contributed by atoms with van der Waals surface area (Å²) in [4.78, 5) is 25.6. The van der Waals surface area contributed by atoms with Crippen LogP contribution >= 0.6 is 0 Å². The molecule has 0 radical (unpaired) electrons. The molecule has 2 amide bonds. The number of piperidine rings is 1. The molecule has 5 heteroatoms. The number of benzene rings is 1. The van der Waals surface area contributed by atoms with E-state index < -0.39 is 0 Å². The van der Waals surface area contributed by atoms with E-state index in [1.54, 1.807) is 0 Å². The zero-order valence-electron chi connectivity index (χ0n) is 13.5. The molecule has 3 rings (SSSR count). The molecule has 0 atom stereocenters. The first-order chi connectivity index (χ1) is 11.2. The third-order valence-corrected chi connectivity index (χ3v) is 4.77. The molecule has 0 saturated carbocycles. The molecule has 2 heterocycles. The average Bonchev–Trinajstić information content (AvgIpc) is 3.01. The van der Waals surface area contributed by atoms with Crippen LogP contribution in [0.1, 0.15) is 38.5 Å². The Morgan fingerprint density at radius 3 is 2.61 bits per heavy atom. The van der Waals surface area contributed by atoms with Crippen molar-refractivity contribution in [2.45, 2.75) is 38.5 Å². The largest absolute Gasteiger partial charge is 0.326 e. The van der Waals surface area contributed by atoms with Crippen molar-refractivity contribution in [1.29, 1.82) is 0 Å². The lowest BCUT2D eigenvalue weighted by molar-refractivity contribution is -0.117. The van der Waals surface area contributed by atoms with Gasteiger partial charge in [0.15, 0.2) is 0 Å². The average molecular weight is 315 g/mol. The number of nitrogens with zero attached hydrogens (tertiary/aromatic N) is 1. The molecule has 1 aromatic carbocycles. The fourth-order valence-electron chi connectivity index (χ4n) is 3.37. The van der Waals surface area contributed by atoms with Crippen LogP contribution < -0.4 is 15.5 Å². The van der Waals surface area contributed by atoms with E-state index in [0.29, 0.717) is 18.8 Å². The molecular formula is C18H25N3O2. The van der Waals surface area contributed by atoms with Crippen molar-refractivity contribution in [2.24, 2.45) is 5.92 Å². The van der Waals surface area contributed by atoms with Gasteiger partial charge in [0.1, 0.15) is 0 Å². The molecule has 2 aliphatic rings. The van der Waals surface area contributed by atoms with Crippen LogP contribution in [0, 0.1) is 5.92 Å². The summed E-state index contributed by atoms with van der Waals surface area (Å²) in [5.74, 6) is 0.933. The monoisotopic (exact) mass is 315 g/mol. The smallest absolute Gasteiger partial charge is 0.227 e. The van der Waals surface area contributed by atoms with Gasteiger partial charge in [-0.25, -0.2) is 0 Å². The number of nitrogens with one attached hydrogen (secondary N) is 2. The molecule has 0 aliphatic carbocycles. The molecule has 0 spiro atoms.